The minimum Gasteiger partial charge on any atom is -0.494 e. The van der Waals surface area contributed by atoms with Crippen molar-refractivity contribution in [2.24, 2.45) is 0 Å². The lowest BCUT2D eigenvalue weighted by Crippen LogP contribution is -2.53. The predicted octanol–water partition coefficient (Wildman–Crippen LogP) is 3.05. The summed E-state index contributed by atoms with van der Waals surface area (Å²) in [6, 6.07) is 6.80. The first-order valence-electron chi connectivity index (χ1n) is 7.72. The Morgan fingerprint density at radius 2 is 1.88 bits per heavy atom. The zero-order valence-corrected chi connectivity index (χ0v) is 16.4. The van der Waals surface area contributed by atoms with E-state index in [-0.39, 0.29) is 5.91 Å². The average molecular weight is 397 g/mol. The number of benzene rings is 1. The van der Waals surface area contributed by atoms with Crippen molar-refractivity contribution < 1.29 is 9.53 Å². The van der Waals surface area contributed by atoms with Crippen LogP contribution in [0.1, 0.15) is 23.7 Å². The molecule has 0 fully saturated rings. The minimum atomic E-state index is -1.65. The van der Waals surface area contributed by atoms with E-state index in [9.17, 15) is 4.79 Å². The van der Waals surface area contributed by atoms with Crippen LogP contribution < -0.4 is 15.4 Å². The van der Waals surface area contributed by atoms with Crippen LogP contribution in [0.15, 0.2) is 24.3 Å². The molecule has 1 rings (SSSR count). The number of nitrogens with one attached hydrogen (secondary N) is 2. The van der Waals surface area contributed by atoms with E-state index in [4.69, 9.17) is 39.5 Å². The third kappa shape index (κ3) is 7.90. The molecule has 0 bridgehead atoms. The van der Waals surface area contributed by atoms with Gasteiger partial charge in [0.15, 0.2) is 0 Å². The second-order valence-corrected chi connectivity index (χ2v) is 7.89. The van der Waals surface area contributed by atoms with E-state index in [1.54, 1.807) is 24.3 Å². The van der Waals surface area contributed by atoms with Crippen LogP contribution in [0.2, 0.25) is 0 Å². The Kier molecular flexibility index (Phi) is 9.16. The fraction of sp³-hybridized carbons (Fsp3) is 0.562. The Morgan fingerprint density at radius 3 is 2.38 bits per heavy atom. The summed E-state index contributed by atoms with van der Waals surface area (Å²) in [6.07, 6.45) is 0.0760. The van der Waals surface area contributed by atoms with E-state index >= 15 is 0 Å². The van der Waals surface area contributed by atoms with Gasteiger partial charge in [-0.1, -0.05) is 34.8 Å². The first kappa shape index (κ1) is 21.3. The van der Waals surface area contributed by atoms with Crippen molar-refractivity contribution in [2.45, 2.75) is 23.3 Å². The average Bonchev–Trinajstić information content (AvgIpc) is 2.50. The molecule has 1 aromatic carbocycles. The van der Waals surface area contributed by atoms with E-state index in [0.29, 0.717) is 24.5 Å². The molecule has 0 radical (unpaired) electrons. The van der Waals surface area contributed by atoms with Crippen molar-refractivity contribution in [1.29, 1.82) is 0 Å². The SMILES string of the molecule is CCOc1ccc(C(=O)N[C@@H](NCCCN(C)C)C(Cl)(Cl)Cl)cc1. The third-order valence-corrected chi connectivity index (χ3v) is 3.82. The lowest BCUT2D eigenvalue weighted by atomic mass is 10.2. The van der Waals surface area contributed by atoms with Gasteiger partial charge in [0.25, 0.3) is 5.91 Å². The van der Waals surface area contributed by atoms with E-state index < -0.39 is 9.96 Å². The standard InChI is InChI=1S/C16H24Cl3N3O2/c1-4-24-13-8-6-12(7-9-13)14(23)21-15(16(17,18)19)20-10-5-11-22(2)3/h6-9,15,20H,4-5,10-11H2,1-3H3,(H,21,23)/t15-/m1/s1. The van der Waals surface area contributed by atoms with Gasteiger partial charge in [-0.05, 0) is 64.8 Å². The molecule has 1 aromatic rings. The molecular weight excluding hydrogens is 373 g/mol. The summed E-state index contributed by atoms with van der Waals surface area (Å²) in [5.74, 6) is 0.378. The normalized spacial score (nSPS) is 13.0. The number of nitrogens with zero attached hydrogens (tertiary/aromatic N) is 1. The first-order chi connectivity index (χ1) is 11.2. The summed E-state index contributed by atoms with van der Waals surface area (Å²) in [5.41, 5.74) is 0.466. The molecule has 2 N–H and O–H groups in total. The Bertz CT molecular complexity index is 504. The van der Waals surface area contributed by atoms with Gasteiger partial charge in [0.2, 0.25) is 3.79 Å². The zero-order chi connectivity index (χ0) is 18.2. The van der Waals surface area contributed by atoms with Crippen LogP contribution in [-0.2, 0) is 0 Å². The van der Waals surface area contributed by atoms with E-state index in [0.717, 1.165) is 13.0 Å². The van der Waals surface area contributed by atoms with Gasteiger partial charge in [0.1, 0.15) is 11.9 Å². The molecule has 0 aromatic heterocycles. The first-order valence-corrected chi connectivity index (χ1v) is 8.86. The van der Waals surface area contributed by atoms with E-state index in [1.165, 1.54) is 0 Å². The molecule has 0 aliphatic heterocycles. The van der Waals surface area contributed by atoms with Crippen LogP contribution >= 0.6 is 34.8 Å². The van der Waals surface area contributed by atoms with Gasteiger partial charge >= 0.3 is 0 Å². The van der Waals surface area contributed by atoms with Crippen LogP contribution in [0.5, 0.6) is 5.75 Å². The van der Waals surface area contributed by atoms with Crippen molar-refractivity contribution in [2.75, 3.05) is 33.8 Å². The number of rotatable bonds is 9. The molecule has 0 aliphatic rings. The maximum Gasteiger partial charge on any atom is 0.252 e. The largest absolute Gasteiger partial charge is 0.494 e. The number of alkyl halides is 3. The summed E-state index contributed by atoms with van der Waals surface area (Å²) >= 11 is 17.9. The second-order valence-electron chi connectivity index (χ2n) is 5.52. The molecule has 1 amide bonds. The molecular formula is C16H24Cl3N3O2. The maximum atomic E-state index is 12.3. The van der Waals surface area contributed by atoms with Gasteiger partial charge in [-0.15, -0.1) is 0 Å². The molecule has 0 heterocycles. The molecule has 0 saturated carbocycles. The fourth-order valence-corrected chi connectivity index (χ4v) is 2.37. The molecule has 0 spiro atoms. The Morgan fingerprint density at radius 1 is 1.25 bits per heavy atom. The number of halogens is 3. The van der Waals surface area contributed by atoms with Crippen LogP contribution in [-0.4, -0.2) is 54.6 Å². The van der Waals surface area contributed by atoms with Crippen molar-refractivity contribution in [3.8, 4) is 5.75 Å². The quantitative estimate of drug-likeness (QED) is 0.383. The highest BCUT2D eigenvalue weighted by Gasteiger charge is 2.33. The lowest BCUT2D eigenvalue weighted by Gasteiger charge is -2.27. The highest BCUT2D eigenvalue weighted by molar-refractivity contribution is 6.68. The number of amides is 1. The molecule has 5 nitrogen and oxygen atoms in total. The monoisotopic (exact) mass is 395 g/mol. The van der Waals surface area contributed by atoms with E-state index in [2.05, 4.69) is 15.5 Å². The van der Waals surface area contributed by atoms with Crippen molar-refractivity contribution in [3.05, 3.63) is 29.8 Å². The van der Waals surface area contributed by atoms with Crippen LogP contribution in [0.4, 0.5) is 0 Å². The van der Waals surface area contributed by atoms with Gasteiger partial charge < -0.3 is 15.0 Å². The van der Waals surface area contributed by atoms with Crippen molar-refractivity contribution in [1.82, 2.24) is 15.5 Å². The summed E-state index contributed by atoms with van der Waals surface area (Å²) in [6.45, 7) is 3.97. The number of hydrogen-bond donors (Lipinski definition) is 2. The van der Waals surface area contributed by atoms with Gasteiger partial charge in [0.05, 0.1) is 6.61 Å². The van der Waals surface area contributed by atoms with Gasteiger partial charge in [-0.25, -0.2) is 0 Å². The minimum absolute atomic E-state index is 0.325. The predicted molar refractivity (Wildman–Crippen MR) is 100 cm³/mol. The molecule has 0 unspecified atom stereocenters. The van der Waals surface area contributed by atoms with Gasteiger partial charge in [-0.3, -0.25) is 10.1 Å². The van der Waals surface area contributed by atoms with Crippen LogP contribution in [0, 0.1) is 0 Å². The summed E-state index contributed by atoms with van der Waals surface area (Å²) in [4.78, 5) is 14.4. The number of carbonyl (C=O) groups is 1. The molecule has 0 saturated heterocycles. The molecule has 24 heavy (non-hydrogen) atoms. The topological polar surface area (TPSA) is 53.6 Å². The summed E-state index contributed by atoms with van der Waals surface area (Å²) in [5, 5.41) is 5.78. The highest BCUT2D eigenvalue weighted by atomic mass is 35.6. The summed E-state index contributed by atoms with van der Waals surface area (Å²) < 4.78 is 3.70. The second kappa shape index (κ2) is 10.3. The maximum absolute atomic E-state index is 12.3. The number of hydrogen-bond acceptors (Lipinski definition) is 4. The van der Waals surface area contributed by atoms with Crippen LogP contribution in [0.3, 0.4) is 0 Å². The molecule has 8 heteroatoms. The molecule has 136 valence electrons. The molecule has 1 atom stereocenters. The number of ether oxygens (including phenoxy) is 1. The van der Waals surface area contributed by atoms with Crippen LogP contribution in [0.25, 0.3) is 0 Å². The van der Waals surface area contributed by atoms with Gasteiger partial charge in [0, 0.05) is 5.56 Å². The Labute approximate surface area is 158 Å². The third-order valence-electron chi connectivity index (χ3n) is 3.16. The Hall–Kier alpha value is -0.720. The van der Waals surface area contributed by atoms with Crippen molar-refractivity contribution >= 4 is 40.7 Å². The smallest absolute Gasteiger partial charge is 0.252 e. The zero-order valence-electron chi connectivity index (χ0n) is 14.1. The Balaban J connectivity index is 2.63. The van der Waals surface area contributed by atoms with Gasteiger partial charge in [-0.2, -0.15) is 0 Å². The van der Waals surface area contributed by atoms with E-state index in [1.807, 2.05) is 21.0 Å². The number of carbonyl (C=O) groups excluding carboxylic acids is 1. The summed E-state index contributed by atoms with van der Waals surface area (Å²) in [7, 11) is 3.97. The highest BCUT2D eigenvalue weighted by Crippen LogP contribution is 2.29. The van der Waals surface area contributed by atoms with Crippen molar-refractivity contribution in [3.63, 3.8) is 0 Å². The lowest BCUT2D eigenvalue weighted by molar-refractivity contribution is 0.0929. The fourth-order valence-electron chi connectivity index (χ4n) is 1.97. The molecule has 0 aliphatic carbocycles.